The predicted molar refractivity (Wildman–Crippen MR) is 73.0 cm³/mol. The number of nitrogens with zero attached hydrogens (tertiary/aromatic N) is 2. The zero-order valence-corrected chi connectivity index (χ0v) is 11.7. The molecule has 1 aromatic carbocycles. The minimum Gasteiger partial charge on any atom is -0.335 e. The third-order valence-corrected chi connectivity index (χ3v) is 3.43. The lowest BCUT2D eigenvalue weighted by atomic mass is 10.0. The number of aromatic nitrogens is 2. The van der Waals surface area contributed by atoms with E-state index in [1.165, 1.54) is 0 Å². The van der Waals surface area contributed by atoms with Crippen molar-refractivity contribution in [3.8, 4) is 0 Å². The Kier molecular flexibility index (Phi) is 4.69. The molecule has 4 nitrogen and oxygen atoms in total. The molecule has 1 heterocycles. The zero-order chi connectivity index (χ0) is 14.7. The van der Waals surface area contributed by atoms with Gasteiger partial charge in [-0.1, -0.05) is 11.6 Å². The summed E-state index contributed by atoms with van der Waals surface area (Å²) in [5.41, 5.74) is 2.62. The minimum atomic E-state index is -0.679. The maximum Gasteiger partial charge on any atom is 0.142 e. The predicted octanol–water partition coefficient (Wildman–Crippen LogP) is 2.58. The van der Waals surface area contributed by atoms with E-state index in [1.54, 1.807) is 6.20 Å². The average Bonchev–Trinajstić information content (AvgIpc) is 2.87. The smallest absolute Gasteiger partial charge is 0.142 e. The van der Waals surface area contributed by atoms with Crippen LogP contribution in [0.1, 0.15) is 24.4 Å². The van der Waals surface area contributed by atoms with Crippen molar-refractivity contribution in [3.05, 3.63) is 52.6 Å². The molecule has 0 aliphatic rings. The Morgan fingerprint density at radius 3 is 2.80 bits per heavy atom. The van der Waals surface area contributed by atoms with Gasteiger partial charge in [-0.15, -0.1) is 0 Å². The van der Waals surface area contributed by atoms with Gasteiger partial charge in [0.25, 0.3) is 0 Å². The molecule has 0 saturated heterocycles. The van der Waals surface area contributed by atoms with Gasteiger partial charge in [-0.2, -0.15) is 0 Å². The number of benzene rings is 1. The Bertz CT molecular complexity index is 600. The standard InChI is InChI=1S/C13H15ClF2N4/c1-2-20-4-3-18-13(20)7-12(19-17)8-5-11(16)9(14)6-10(8)15/h3-6,12,19H,2,7,17H2,1H3. The Morgan fingerprint density at radius 2 is 2.15 bits per heavy atom. The molecule has 2 aromatic rings. The van der Waals surface area contributed by atoms with Gasteiger partial charge in [0.2, 0.25) is 0 Å². The van der Waals surface area contributed by atoms with Gasteiger partial charge in [0, 0.05) is 30.9 Å². The Morgan fingerprint density at radius 1 is 1.40 bits per heavy atom. The first-order chi connectivity index (χ1) is 9.56. The van der Waals surface area contributed by atoms with E-state index in [0.717, 1.165) is 24.5 Å². The van der Waals surface area contributed by atoms with Crippen LogP contribution in [0.3, 0.4) is 0 Å². The van der Waals surface area contributed by atoms with Gasteiger partial charge >= 0.3 is 0 Å². The summed E-state index contributed by atoms with van der Waals surface area (Å²) >= 11 is 5.54. The number of nitrogens with one attached hydrogen (secondary N) is 1. The molecule has 0 bridgehead atoms. The summed E-state index contributed by atoms with van der Waals surface area (Å²) in [6.45, 7) is 2.71. The first kappa shape index (κ1) is 14.9. The number of imidazole rings is 1. The van der Waals surface area contributed by atoms with E-state index >= 15 is 0 Å². The van der Waals surface area contributed by atoms with Crippen LogP contribution in [0, 0.1) is 11.6 Å². The monoisotopic (exact) mass is 300 g/mol. The molecule has 0 fully saturated rings. The molecular formula is C13H15ClF2N4. The lowest BCUT2D eigenvalue weighted by Crippen LogP contribution is -2.31. The summed E-state index contributed by atoms with van der Waals surface area (Å²) in [5.74, 6) is 4.92. The van der Waals surface area contributed by atoms with Gasteiger partial charge in [0.05, 0.1) is 11.1 Å². The van der Waals surface area contributed by atoms with Crippen LogP contribution in [0.2, 0.25) is 5.02 Å². The van der Waals surface area contributed by atoms with Crippen LogP contribution in [0.25, 0.3) is 0 Å². The first-order valence-electron chi connectivity index (χ1n) is 6.17. The van der Waals surface area contributed by atoms with E-state index in [4.69, 9.17) is 17.4 Å². The molecule has 3 N–H and O–H groups in total. The molecule has 0 aliphatic heterocycles. The van der Waals surface area contributed by atoms with Crippen molar-refractivity contribution < 1.29 is 8.78 Å². The second kappa shape index (κ2) is 6.30. The normalized spacial score (nSPS) is 12.7. The summed E-state index contributed by atoms with van der Waals surface area (Å²) in [6.07, 6.45) is 3.82. The van der Waals surface area contributed by atoms with Gasteiger partial charge in [-0.3, -0.25) is 11.3 Å². The van der Waals surface area contributed by atoms with Crippen molar-refractivity contribution in [2.24, 2.45) is 5.84 Å². The van der Waals surface area contributed by atoms with Crippen LogP contribution in [0.4, 0.5) is 8.78 Å². The van der Waals surface area contributed by atoms with Crippen molar-refractivity contribution in [1.82, 2.24) is 15.0 Å². The quantitative estimate of drug-likeness (QED) is 0.507. The summed E-state index contributed by atoms with van der Waals surface area (Å²) in [4.78, 5) is 4.20. The van der Waals surface area contributed by atoms with Crippen molar-refractivity contribution in [2.75, 3.05) is 0 Å². The largest absolute Gasteiger partial charge is 0.335 e. The molecule has 2 rings (SSSR count). The van der Waals surface area contributed by atoms with Crippen molar-refractivity contribution in [2.45, 2.75) is 25.9 Å². The Labute approximate surface area is 120 Å². The number of hydrogen-bond acceptors (Lipinski definition) is 3. The van der Waals surface area contributed by atoms with Gasteiger partial charge < -0.3 is 4.57 Å². The third kappa shape index (κ3) is 2.98. The fourth-order valence-electron chi connectivity index (χ4n) is 2.06. The summed E-state index contributed by atoms with van der Waals surface area (Å²) in [5, 5.41) is -0.253. The van der Waals surface area contributed by atoms with E-state index in [2.05, 4.69) is 10.4 Å². The maximum atomic E-state index is 13.9. The molecule has 1 unspecified atom stereocenters. The van der Waals surface area contributed by atoms with E-state index in [0.29, 0.717) is 6.42 Å². The molecule has 0 radical (unpaired) electrons. The molecule has 7 heteroatoms. The van der Waals surface area contributed by atoms with E-state index in [9.17, 15) is 8.78 Å². The molecule has 0 saturated carbocycles. The number of hydrogen-bond donors (Lipinski definition) is 2. The minimum absolute atomic E-state index is 0.125. The van der Waals surface area contributed by atoms with Crippen LogP contribution in [0.15, 0.2) is 24.5 Å². The fourth-order valence-corrected chi connectivity index (χ4v) is 2.21. The zero-order valence-electron chi connectivity index (χ0n) is 10.9. The summed E-state index contributed by atoms with van der Waals surface area (Å²) in [6, 6.07) is 1.42. The lowest BCUT2D eigenvalue weighted by molar-refractivity contribution is 0.486. The average molecular weight is 301 g/mol. The van der Waals surface area contributed by atoms with E-state index in [-0.39, 0.29) is 10.6 Å². The number of nitrogens with two attached hydrogens (primary N) is 1. The molecule has 0 amide bonds. The van der Waals surface area contributed by atoms with Crippen LogP contribution in [0.5, 0.6) is 0 Å². The van der Waals surface area contributed by atoms with Crippen molar-refractivity contribution >= 4 is 11.6 Å². The third-order valence-electron chi connectivity index (χ3n) is 3.15. The summed E-state index contributed by atoms with van der Waals surface area (Å²) in [7, 11) is 0. The molecule has 20 heavy (non-hydrogen) atoms. The SMILES string of the molecule is CCn1ccnc1CC(NN)c1cc(F)c(Cl)cc1F. The van der Waals surface area contributed by atoms with Crippen LogP contribution >= 0.6 is 11.6 Å². The second-order valence-corrected chi connectivity index (χ2v) is 4.75. The van der Waals surface area contributed by atoms with E-state index < -0.39 is 17.7 Å². The number of rotatable bonds is 5. The lowest BCUT2D eigenvalue weighted by Gasteiger charge is -2.17. The van der Waals surface area contributed by atoms with Crippen LogP contribution in [-0.2, 0) is 13.0 Å². The maximum absolute atomic E-state index is 13.9. The van der Waals surface area contributed by atoms with Gasteiger partial charge in [-0.25, -0.2) is 13.8 Å². The molecular weight excluding hydrogens is 286 g/mol. The molecule has 0 aliphatic carbocycles. The fraction of sp³-hybridized carbons (Fsp3) is 0.308. The number of halogens is 3. The van der Waals surface area contributed by atoms with Gasteiger partial charge in [0.15, 0.2) is 0 Å². The van der Waals surface area contributed by atoms with Gasteiger partial charge in [-0.05, 0) is 19.1 Å². The van der Waals surface area contributed by atoms with Crippen LogP contribution < -0.4 is 11.3 Å². The van der Waals surface area contributed by atoms with Crippen molar-refractivity contribution in [3.63, 3.8) is 0 Å². The first-order valence-corrected chi connectivity index (χ1v) is 6.55. The highest BCUT2D eigenvalue weighted by atomic mass is 35.5. The number of hydrazine groups is 1. The summed E-state index contributed by atoms with van der Waals surface area (Å²) < 4.78 is 29.3. The molecule has 1 aromatic heterocycles. The molecule has 0 spiro atoms. The Balaban J connectivity index is 2.31. The second-order valence-electron chi connectivity index (χ2n) is 4.34. The van der Waals surface area contributed by atoms with Gasteiger partial charge in [0.1, 0.15) is 17.5 Å². The highest BCUT2D eigenvalue weighted by Crippen LogP contribution is 2.25. The highest BCUT2D eigenvalue weighted by molar-refractivity contribution is 6.30. The molecule has 1 atom stereocenters. The Hall–Kier alpha value is -1.50. The number of aryl methyl sites for hydroxylation is 1. The van der Waals surface area contributed by atoms with Crippen LogP contribution in [-0.4, -0.2) is 9.55 Å². The highest BCUT2D eigenvalue weighted by Gasteiger charge is 2.19. The molecule has 108 valence electrons. The van der Waals surface area contributed by atoms with Crippen molar-refractivity contribution in [1.29, 1.82) is 0 Å². The van der Waals surface area contributed by atoms with E-state index in [1.807, 2.05) is 17.7 Å². The topological polar surface area (TPSA) is 55.9 Å².